The maximum absolute atomic E-state index is 11.9. The molecular formula is C17H24N4O2. The smallest absolute Gasteiger partial charge is 0.227 e. The molecule has 0 radical (unpaired) electrons. The number of nitrogens with one attached hydrogen (secondary N) is 1. The lowest BCUT2D eigenvalue weighted by Gasteiger charge is -2.14. The van der Waals surface area contributed by atoms with Gasteiger partial charge in [-0.05, 0) is 37.8 Å². The number of aromatic nitrogens is 3. The van der Waals surface area contributed by atoms with E-state index in [0.717, 1.165) is 18.4 Å². The summed E-state index contributed by atoms with van der Waals surface area (Å²) in [6, 6.07) is 3.88. The van der Waals surface area contributed by atoms with Crippen molar-refractivity contribution in [3.8, 4) is 11.4 Å². The minimum Gasteiger partial charge on any atom is -0.354 e. The van der Waals surface area contributed by atoms with Crippen LogP contribution >= 0.6 is 0 Å². The van der Waals surface area contributed by atoms with Crippen LogP contribution in [0.25, 0.3) is 11.4 Å². The van der Waals surface area contributed by atoms with Gasteiger partial charge in [-0.2, -0.15) is 4.98 Å². The first kappa shape index (κ1) is 17.1. The number of hydrogen-bond acceptors (Lipinski definition) is 5. The lowest BCUT2D eigenvalue weighted by atomic mass is 10.0. The summed E-state index contributed by atoms with van der Waals surface area (Å²) >= 11 is 0. The molecule has 6 nitrogen and oxygen atoms in total. The highest BCUT2D eigenvalue weighted by molar-refractivity contribution is 5.76. The van der Waals surface area contributed by atoms with E-state index < -0.39 is 0 Å². The summed E-state index contributed by atoms with van der Waals surface area (Å²) in [5.74, 6) is 1.63. The maximum Gasteiger partial charge on any atom is 0.227 e. The van der Waals surface area contributed by atoms with E-state index in [4.69, 9.17) is 4.52 Å². The highest BCUT2D eigenvalue weighted by Crippen LogP contribution is 2.14. The van der Waals surface area contributed by atoms with Gasteiger partial charge >= 0.3 is 0 Å². The van der Waals surface area contributed by atoms with E-state index in [9.17, 15) is 4.79 Å². The van der Waals surface area contributed by atoms with E-state index in [-0.39, 0.29) is 11.9 Å². The van der Waals surface area contributed by atoms with Gasteiger partial charge in [-0.1, -0.05) is 19.0 Å². The minimum atomic E-state index is 0.0161. The van der Waals surface area contributed by atoms with Gasteiger partial charge in [0.1, 0.15) is 0 Å². The average Bonchev–Trinajstić information content (AvgIpc) is 3.01. The summed E-state index contributed by atoms with van der Waals surface area (Å²) in [5, 5.41) is 6.92. The van der Waals surface area contributed by atoms with Crippen LogP contribution in [0.1, 0.15) is 45.9 Å². The molecule has 0 bridgehead atoms. The molecule has 0 aliphatic carbocycles. The second kappa shape index (κ2) is 8.41. The number of pyridine rings is 1. The van der Waals surface area contributed by atoms with Crippen LogP contribution in [0.5, 0.6) is 0 Å². The van der Waals surface area contributed by atoms with Gasteiger partial charge in [-0.25, -0.2) is 0 Å². The minimum absolute atomic E-state index is 0.0161. The van der Waals surface area contributed by atoms with Gasteiger partial charge in [-0.15, -0.1) is 0 Å². The van der Waals surface area contributed by atoms with Crippen molar-refractivity contribution in [3.63, 3.8) is 0 Å². The molecule has 0 saturated heterocycles. The second-order valence-electron chi connectivity index (χ2n) is 6.19. The second-order valence-corrected chi connectivity index (χ2v) is 6.19. The van der Waals surface area contributed by atoms with Crippen molar-refractivity contribution in [2.45, 2.75) is 52.5 Å². The highest BCUT2D eigenvalue weighted by Gasteiger charge is 2.12. The summed E-state index contributed by atoms with van der Waals surface area (Å²) < 4.78 is 5.18. The summed E-state index contributed by atoms with van der Waals surface area (Å²) in [7, 11) is 0. The van der Waals surface area contributed by atoms with E-state index in [0.29, 0.717) is 30.5 Å². The molecule has 1 atom stereocenters. The molecule has 0 aliphatic rings. The third-order valence-corrected chi connectivity index (χ3v) is 3.54. The van der Waals surface area contributed by atoms with Crippen LogP contribution in [-0.4, -0.2) is 27.1 Å². The number of aryl methyl sites for hydroxylation is 1. The number of nitrogens with zero attached hydrogens (tertiary/aromatic N) is 3. The fourth-order valence-electron chi connectivity index (χ4n) is 2.19. The molecule has 124 valence electrons. The molecule has 0 saturated carbocycles. The predicted molar refractivity (Wildman–Crippen MR) is 87.5 cm³/mol. The Morgan fingerprint density at radius 2 is 2.13 bits per heavy atom. The average molecular weight is 316 g/mol. The number of hydrogen-bond donors (Lipinski definition) is 1. The van der Waals surface area contributed by atoms with Crippen molar-refractivity contribution in [2.24, 2.45) is 5.92 Å². The van der Waals surface area contributed by atoms with Gasteiger partial charge < -0.3 is 9.84 Å². The van der Waals surface area contributed by atoms with Gasteiger partial charge in [-0.3, -0.25) is 9.78 Å². The van der Waals surface area contributed by atoms with Crippen LogP contribution in [0, 0.1) is 5.92 Å². The zero-order valence-corrected chi connectivity index (χ0v) is 14.0. The lowest BCUT2D eigenvalue weighted by Crippen LogP contribution is -2.32. The third kappa shape index (κ3) is 5.81. The first-order valence-corrected chi connectivity index (χ1v) is 8.07. The largest absolute Gasteiger partial charge is 0.354 e. The Balaban J connectivity index is 1.78. The zero-order chi connectivity index (χ0) is 16.7. The molecule has 1 amide bonds. The van der Waals surface area contributed by atoms with E-state index in [1.165, 1.54) is 0 Å². The number of carbonyl (C=O) groups excluding carboxylic acids is 1. The van der Waals surface area contributed by atoms with E-state index in [1.54, 1.807) is 12.4 Å². The van der Waals surface area contributed by atoms with Gasteiger partial charge in [0.15, 0.2) is 0 Å². The predicted octanol–water partition coefficient (Wildman–Crippen LogP) is 3.01. The topological polar surface area (TPSA) is 80.9 Å². The van der Waals surface area contributed by atoms with Gasteiger partial charge in [0, 0.05) is 36.8 Å². The standard InChI is InChI=1S/C17H24N4O2/c1-12(2)6-7-13(3)19-15(22)8-9-16-20-17(21-23-16)14-5-4-10-18-11-14/h4-5,10-13H,6-9H2,1-3H3,(H,19,22). The molecule has 0 aliphatic heterocycles. The molecule has 0 fully saturated rings. The van der Waals surface area contributed by atoms with E-state index in [2.05, 4.69) is 34.3 Å². The van der Waals surface area contributed by atoms with Crippen LogP contribution in [0.4, 0.5) is 0 Å². The fourth-order valence-corrected chi connectivity index (χ4v) is 2.19. The normalized spacial score (nSPS) is 12.3. The first-order chi connectivity index (χ1) is 11.0. The summed E-state index contributed by atoms with van der Waals surface area (Å²) in [5.41, 5.74) is 0.800. The van der Waals surface area contributed by atoms with Crippen LogP contribution in [0.2, 0.25) is 0 Å². The Morgan fingerprint density at radius 3 is 2.83 bits per heavy atom. The Kier molecular flexibility index (Phi) is 6.26. The monoisotopic (exact) mass is 316 g/mol. The Hall–Kier alpha value is -2.24. The molecule has 2 aromatic rings. The van der Waals surface area contributed by atoms with Crippen molar-refractivity contribution in [1.82, 2.24) is 20.4 Å². The molecule has 1 N–H and O–H groups in total. The van der Waals surface area contributed by atoms with Crippen molar-refractivity contribution in [3.05, 3.63) is 30.4 Å². The third-order valence-electron chi connectivity index (χ3n) is 3.54. The summed E-state index contributed by atoms with van der Waals surface area (Å²) in [4.78, 5) is 20.3. The molecule has 2 heterocycles. The number of amides is 1. The van der Waals surface area contributed by atoms with Crippen molar-refractivity contribution in [1.29, 1.82) is 0 Å². The molecule has 1 unspecified atom stereocenters. The van der Waals surface area contributed by atoms with Gasteiger partial charge in [0.2, 0.25) is 17.6 Å². The molecule has 2 rings (SSSR count). The highest BCUT2D eigenvalue weighted by atomic mass is 16.5. The molecule has 0 spiro atoms. The Bertz CT molecular complexity index is 610. The molecular weight excluding hydrogens is 292 g/mol. The van der Waals surface area contributed by atoms with Crippen LogP contribution < -0.4 is 5.32 Å². The molecule has 0 aromatic carbocycles. The summed E-state index contributed by atoms with van der Waals surface area (Å²) in [6.07, 6.45) is 6.26. The zero-order valence-electron chi connectivity index (χ0n) is 14.0. The van der Waals surface area contributed by atoms with E-state index in [1.807, 2.05) is 19.1 Å². The first-order valence-electron chi connectivity index (χ1n) is 8.07. The van der Waals surface area contributed by atoms with Crippen LogP contribution in [-0.2, 0) is 11.2 Å². The van der Waals surface area contributed by atoms with Crippen molar-refractivity contribution < 1.29 is 9.32 Å². The Labute approximate surface area is 136 Å². The quantitative estimate of drug-likeness (QED) is 0.809. The van der Waals surface area contributed by atoms with Crippen molar-refractivity contribution >= 4 is 5.91 Å². The lowest BCUT2D eigenvalue weighted by molar-refractivity contribution is -0.121. The van der Waals surface area contributed by atoms with Gasteiger partial charge in [0.05, 0.1) is 0 Å². The SMILES string of the molecule is CC(C)CCC(C)NC(=O)CCc1nc(-c2cccnc2)no1. The number of rotatable bonds is 8. The van der Waals surface area contributed by atoms with Crippen LogP contribution in [0.15, 0.2) is 29.0 Å². The van der Waals surface area contributed by atoms with Crippen molar-refractivity contribution in [2.75, 3.05) is 0 Å². The Morgan fingerprint density at radius 1 is 1.30 bits per heavy atom. The molecule has 6 heteroatoms. The maximum atomic E-state index is 11.9. The fraction of sp³-hybridized carbons (Fsp3) is 0.529. The van der Waals surface area contributed by atoms with Crippen LogP contribution in [0.3, 0.4) is 0 Å². The summed E-state index contributed by atoms with van der Waals surface area (Å²) in [6.45, 7) is 6.40. The molecule has 23 heavy (non-hydrogen) atoms. The molecule has 2 aromatic heterocycles. The number of carbonyl (C=O) groups is 1. The van der Waals surface area contributed by atoms with E-state index >= 15 is 0 Å². The van der Waals surface area contributed by atoms with Gasteiger partial charge in [0.25, 0.3) is 0 Å².